The van der Waals surface area contributed by atoms with Gasteiger partial charge in [-0.05, 0) is 18.6 Å². The topological polar surface area (TPSA) is 79.5 Å². The van der Waals surface area contributed by atoms with E-state index in [4.69, 9.17) is 21.1 Å². The number of rotatable bonds is 6. The second-order valence-electron chi connectivity index (χ2n) is 6.33. The molecule has 0 aliphatic carbocycles. The Morgan fingerprint density at radius 3 is 2.58 bits per heavy atom. The molecule has 1 heterocycles. The molecule has 2 N–H and O–H groups in total. The van der Waals surface area contributed by atoms with E-state index in [-0.39, 0.29) is 29.1 Å². The molecule has 6 heteroatoms. The van der Waals surface area contributed by atoms with Gasteiger partial charge in [-0.3, -0.25) is 9.59 Å². The minimum Gasteiger partial charge on any atom is -0.481 e. The van der Waals surface area contributed by atoms with Crippen LogP contribution in [0.4, 0.5) is 0 Å². The van der Waals surface area contributed by atoms with Gasteiger partial charge in [0, 0.05) is 22.5 Å². The second-order valence-corrected chi connectivity index (χ2v) is 6.74. The molecule has 2 aromatic rings. The van der Waals surface area contributed by atoms with E-state index in [0.29, 0.717) is 17.1 Å². The zero-order valence-corrected chi connectivity index (χ0v) is 14.6. The second kappa shape index (κ2) is 7.09. The van der Waals surface area contributed by atoms with Gasteiger partial charge in [0.15, 0.2) is 0 Å². The summed E-state index contributed by atoms with van der Waals surface area (Å²) in [5.41, 5.74) is 1.45. The normalized spacial score (nSPS) is 11.3. The van der Waals surface area contributed by atoms with Gasteiger partial charge < -0.3 is 14.8 Å². The number of aliphatic carboxylic acids is 1. The van der Waals surface area contributed by atoms with E-state index in [2.05, 4.69) is 5.32 Å². The number of hydrogen-bond donors (Lipinski definition) is 2. The highest BCUT2D eigenvalue weighted by Crippen LogP contribution is 2.29. The van der Waals surface area contributed by atoms with Crippen molar-refractivity contribution in [3.63, 3.8) is 0 Å². The molecule has 2 rings (SSSR count). The van der Waals surface area contributed by atoms with Crippen molar-refractivity contribution in [2.45, 2.75) is 32.6 Å². The molecule has 24 heavy (non-hydrogen) atoms. The van der Waals surface area contributed by atoms with Gasteiger partial charge in [0.2, 0.25) is 0 Å². The molecule has 5 nitrogen and oxygen atoms in total. The lowest BCUT2D eigenvalue weighted by molar-refractivity contribution is -0.136. The molecule has 0 atom stereocenters. The molecule has 0 spiro atoms. The lowest BCUT2D eigenvalue weighted by atomic mass is 9.84. The van der Waals surface area contributed by atoms with Gasteiger partial charge in [-0.15, -0.1) is 0 Å². The molecule has 0 aliphatic heterocycles. The number of carboxylic acid groups (broad SMARTS) is 1. The Labute approximate surface area is 145 Å². The SMILES string of the molecule is Cc1coc(CC(=O)O)c1C(=O)NCC(C)(C)c1ccccc1Cl. The van der Waals surface area contributed by atoms with E-state index < -0.39 is 5.97 Å². The van der Waals surface area contributed by atoms with Crippen LogP contribution < -0.4 is 5.32 Å². The summed E-state index contributed by atoms with van der Waals surface area (Å²) in [6.07, 6.45) is 1.07. The van der Waals surface area contributed by atoms with Crippen LogP contribution in [-0.2, 0) is 16.6 Å². The monoisotopic (exact) mass is 349 g/mol. The van der Waals surface area contributed by atoms with Gasteiger partial charge in [0.1, 0.15) is 12.2 Å². The van der Waals surface area contributed by atoms with Gasteiger partial charge >= 0.3 is 5.97 Å². The minimum atomic E-state index is -1.05. The van der Waals surface area contributed by atoms with E-state index >= 15 is 0 Å². The summed E-state index contributed by atoms with van der Waals surface area (Å²) < 4.78 is 5.20. The third kappa shape index (κ3) is 3.97. The fourth-order valence-corrected chi connectivity index (χ4v) is 2.96. The molecule has 1 aromatic carbocycles. The smallest absolute Gasteiger partial charge is 0.311 e. The maximum Gasteiger partial charge on any atom is 0.311 e. The van der Waals surface area contributed by atoms with Crippen LogP contribution >= 0.6 is 11.6 Å². The molecular formula is C18H20ClNO4. The number of carboxylic acids is 1. The van der Waals surface area contributed by atoms with E-state index in [0.717, 1.165) is 5.56 Å². The summed E-state index contributed by atoms with van der Waals surface area (Å²) in [6.45, 7) is 6.03. The molecule has 1 aromatic heterocycles. The average molecular weight is 350 g/mol. The van der Waals surface area contributed by atoms with Crippen molar-refractivity contribution < 1.29 is 19.1 Å². The van der Waals surface area contributed by atoms with Crippen LogP contribution in [0.2, 0.25) is 5.02 Å². The van der Waals surface area contributed by atoms with Crippen LogP contribution in [0.5, 0.6) is 0 Å². The molecule has 0 aliphatic rings. The number of nitrogens with one attached hydrogen (secondary N) is 1. The third-order valence-electron chi connectivity index (χ3n) is 3.88. The van der Waals surface area contributed by atoms with E-state index in [1.165, 1.54) is 6.26 Å². The van der Waals surface area contributed by atoms with Gasteiger partial charge in [-0.2, -0.15) is 0 Å². The van der Waals surface area contributed by atoms with Crippen LogP contribution in [0, 0.1) is 6.92 Å². The highest BCUT2D eigenvalue weighted by atomic mass is 35.5. The number of halogens is 1. The highest BCUT2D eigenvalue weighted by molar-refractivity contribution is 6.31. The third-order valence-corrected chi connectivity index (χ3v) is 4.21. The first-order valence-electron chi connectivity index (χ1n) is 7.54. The first kappa shape index (κ1) is 18.1. The maximum atomic E-state index is 12.5. The minimum absolute atomic E-state index is 0.160. The highest BCUT2D eigenvalue weighted by Gasteiger charge is 2.26. The molecular weight excluding hydrogens is 330 g/mol. The number of carbonyl (C=O) groups is 2. The van der Waals surface area contributed by atoms with Gasteiger partial charge in [0.05, 0.1) is 11.8 Å². The predicted molar refractivity (Wildman–Crippen MR) is 91.6 cm³/mol. The number of carbonyl (C=O) groups excluding carboxylic acids is 1. The molecule has 0 radical (unpaired) electrons. The number of benzene rings is 1. The van der Waals surface area contributed by atoms with Crippen LogP contribution in [0.15, 0.2) is 34.9 Å². The van der Waals surface area contributed by atoms with E-state index in [1.807, 2.05) is 38.1 Å². The summed E-state index contributed by atoms with van der Waals surface area (Å²) in [5, 5.41) is 12.4. The number of aryl methyl sites for hydroxylation is 1. The first-order chi connectivity index (χ1) is 11.2. The van der Waals surface area contributed by atoms with E-state index in [1.54, 1.807) is 6.92 Å². The standard InChI is InChI=1S/C18H20ClNO4/c1-11-9-24-14(8-15(21)22)16(11)17(23)20-10-18(2,3)12-6-4-5-7-13(12)19/h4-7,9H,8,10H2,1-3H3,(H,20,23)(H,21,22). The lowest BCUT2D eigenvalue weighted by Crippen LogP contribution is -2.37. The molecule has 0 saturated carbocycles. The molecule has 1 amide bonds. The van der Waals surface area contributed by atoms with Gasteiger partial charge in [0.25, 0.3) is 5.91 Å². The lowest BCUT2D eigenvalue weighted by Gasteiger charge is -2.26. The first-order valence-corrected chi connectivity index (χ1v) is 7.92. The molecule has 0 bridgehead atoms. The molecule has 128 valence electrons. The summed E-state index contributed by atoms with van der Waals surface area (Å²) >= 11 is 6.24. The van der Waals surface area contributed by atoms with Crippen LogP contribution in [0.3, 0.4) is 0 Å². The Morgan fingerprint density at radius 2 is 1.96 bits per heavy atom. The predicted octanol–water partition coefficient (Wildman–Crippen LogP) is 3.58. The quantitative estimate of drug-likeness (QED) is 0.835. The molecule has 0 saturated heterocycles. The Balaban J connectivity index is 2.15. The largest absolute Gasteiger partial charge is 0.481 e. The van der Waals surface area contributed by atoms with Crippen molar-refractivity contribution in [1.82, 2.24) is 5.32 Å². The summed E-state index contributed by atoms with van der Waals surface area (Å²) in [4.78, 5) is 23.4. The Hall–Kier alpha value is -2.27. The van der Waals surface area contributed by atoms with Crippen molar-refractivity contribution in [2.24, 2.45) is 0 Å². The number of amides is 1. The Morgan fingerprint density at radius 1 is 1.29 bits per heavy atom. The number of furan rings is 1. The molecule has 0 unspecified atom stereocenters. The fourth-order valence-electron chi connectivity index (χ4n) is 2.57. The zero-order chi connectivity index (χ0) is 17.9. The maximum absolute atomic E-state index is 12.5. The van der Waals surface area contributed by atoms with Crippen molar-refractivity contribution in [3.05, 3.63) is 58.0 Å². The summed E-state index contributed by atoms with van der Waals surface area (Å²) in [5.74, 6) is -1.24. The summed E-state index contributed by atoms with van der Waals surface area (Å²) in [6, 6.07) is 7.49. The summed E-state index contributed by atoms with van der Waals surface area (Å²) in [7, 11) is 0. The van der Waals surface area contributed by atoms with E-state index in [9.17, 15) is 9.59 Å². The van der Waals surface area contributed by atoms with Crippen LogP contribution in [0.25, 0.3) is 0 Å². The Kier molecular flexibility index (Phi) is 5.34. The fraction of sp³-hybridized carbons (Fsp3) is 0.333. The van der Waals surface area contributed by atoms with Crippen molar-refractivity contribution >= 4 is 23.5 Å². The zero-order valence-electron chi connectivity index (χ0n) is 13.9. The van der Waals surface area contributed by atoms with Crippen LogP contribution in [-0.4, -0.2) is 23.5 Å². The van der Waals surface area contributed by atoms with Crippen molar-refractivity contribution in [1.29, 1.82) is 0 Å². The van der Waals surface area contributed by atoms with Gasteiger partial charge in [-0.25, -0.2) is 0 Å². The number of hydrogen-bond acceptors (Lipinski definition) is 3. The van der Waals surface area contributed by atoms with Crippen LogP contribution in [0.1, 0.15) is 41.1 Å². The molecule has 0 fully saturated rings. The van der Waals surface area contributed by atoms with Crippen molar-refractivity contribution in [3.8, 4) is 0 Å². The van der Waals surface area contributed by atoms with Gasteiger partial charge in [-0.1, -0.05) is 43.6 Å². The Bertz CT molecular complexity index is 764. The van der Waals surface area contributed by atoms with Crippen molar-refractivity contribution in [2.75, 3.05) is 6.54 Å². The average Bonchev–Trinajstić information content (AvgIpc) is 2.85.